The topological polar surface area (TPSA) is 82.5 Å². The molecular weight excluding hydrogens is 346 g/mol. The summed E-state index contributed by atoms with van der Waals surface area (Å²) < 4.78 is 12.3. The van der Waals surface area contributed by atoms with Gasteiger partial charge in [0.25, 0.3) is 11.5 Å². The third-order valence-corrected chi connectivity index (χ3v) is 4.46. The number of rotatable bonds is 5. The maximum absolute atomic E-state index is 12.4. The number of carbonyl (C=O) groups excluding carboxylic acids is 1. The van der Waals surface area contributed by atoms with Crippen LogP contribution in [-0.2, 0) is 4.74 Å². The van der Waals surface area contributed by atoms with Crippen molar-refractivity contribution in [2.75, 3.05) is 18.6 Å². The summed E-state index contributed by atoms with van der Waals surface area (Å²) in [6, 6.07) is 13.7. The summed E-state index contributed by atoms with van der Waals surface area (Å²) in [5, 5.41) is 0.443. The number of nitrogens with zero attached hydrogens (tertiary/aromatic N) is 2. The molecule has 1 atom stereocenters. The van der Waals surface area contributed by atoms with Crippen LogP contribution in [0.4, 0.5) is 0 Å². The van der Waals surface area contributed by atoms with E-state index in [-0.39, 0.29) is 11.7 Å². The Morgan fingerprint density at radius 2 is 2.04 bits per heavy atom. The molecule has 2 aromatic carbocycles. The first-order valence-electron chi connectivity index (χ1n) is 8.83. The predicted octanol–water partition coefficient (Wildman–Crippen LogP) is 2.34. The number of para-hydroxylation sites is 1. The molecule has 1 N–H and O–H groups in total. The van der Waals surface area contributed by atoms with Crippen molar-refractivity contribution in [2.24, 2.45) is 0 Å². The fourth-order valence-electron chi connectivity index (χ4n) is 2.99. The van der Waals surface area contributed by atoms with Crippen LogP contribution in [0.3, 0.4) is 0 Å². The lowest BCUT2D eigenvalue weighted by Gasteiger charge is -2.12. The predicted molar refractivity (Wildman–Crippen MR) is 101 cm³/mol. The highest BCUT2D eigenvalue weighted by Gasteiger charge is 2.16. The van der Waals surface area contributed by atoms with E-state index < -0.39 is 5.91 Å². The van der Waals surface area contributed by atoms with Crippen molar-refractivity contribution in [3.05, 3.63) is 70.8 Å². The molecule has 1 aliphatic rings. The average molecular weight is 365 g/mol. The molecule has 2 heterocycles. The summed E-state index contributed by atoms with van der Waals surface area (Å²) in [6.07, 6.45) is 3.52. The Morgan fingerprint density at radius 3 is 2.81 bits per heavy atom. The Balaban J connectivity index is 1.43. The van der Waals surface area contributed by atoms with Crippen molar-refractivity contribution in [2.45, 2.75) is 18.9 Å². The summed E-state index contributed by atoms with van der Waals surface area (Å²) in [5.41, 5.74) is 3.23. The molecule has 7 heteroatoms. The highest BCUT2D eigenvalue weighted by Crippen LogP contribution is 2.16. The van der Waals surface area contributed by atoms with Gasteiger partial charge in [0, 0.05) is 12.2 Å². The Kier molecular flexibility index (Phi) is 4.84. The van der Waals surface area contributed by atoms with Crippen LogP contribution in [0, 0.1) is 0 Å². The molecule has 138 valence electrons. The van der Waals surface area contributed by atoms with Crippen LogP contribution in [0.1, 0.15) is 23.2 Å². The van der Waals surface area contributed by atoms with E-state index in [1.54, 1.807) is 48.5 Å². The van der Waals surface area contributed by atoms with Crippen molar-refractivity contribution < 1.29 is 14.3 Å². The third-order valence-electron chi connectivity index (χ3n) is 4.46. The molecule has 0 radical (unpaired) electrons. The van der Waals surface area contributed by atoms with E-state index in [2.05, 4.69) is 10.4 Å². The number of aromatic nitrogens is 2. The molecule has 1 amide bonds. The summed E-state index contributed by atoms with van der Waals surface area (Å²) in [4.78, 5) is 29.0. The molecule has 1 saturated heterocycles. The Labute approximate surface area is 155 Å². The minimum absolute atomic E-state index is 0.139. The standard InChI is InChI=1S/C20H19N3O4/c24-19(22-23-13-21-18-6-2-1-5-17(18)20(23)25)14-7-9-15(10-8-14)27-12-16-4-3-11-26-16/h1-2,5-10,13,16H,3-4,11-12H2,(H,22,24). The van der Waals surface area contributed by atoms with Crippen molar-refractivity contribution in [3.63, 3.8) is 0 Å². The minimum Gasteiger partial charge on any atom is -0.491 e. The quantitative estimate of drug-likeness (QED) is 0.750. The number of nitrogens with one attached hydrogen (secondary N) is 1. The normalized spacial score (nSPS) is 16.4. The van der Waals surface area contributed by atoms with Gasteiger partial charge >= 0.3 is 0 Å². The van der Waals surface area contributed by atoms with Gasteiger partial charge in [-0.2, -0.15) is 0 Å². The van der Waals surface area contributed by atoms with Gasteiger partial charge in [0.15, 0.2) is 0 Å². The molecule has 1 aromatic heterocycles. The molecule has 1 unspecified atom stereocenters. The first kappa shape index (κ1) is 17.2. The molecule has 0 bridgehead atoms. The fraction of sp³-hybridized carbons (Fsp3) is 0.250. The van der Waals surface area contributed by atoms with Gasteiger partial charge in [-0.25, -0.2) is 9.66 Å². The zero-order chi connectivity index (χ0) is 18.6. The number of benzene rings is 2. The van der Waals surface area contributed by atoms with Crippen LogP contribution in [0.2, 0.25) is 0 Å². The van der Waals surface area contributed by atoms with Gasteiger partial charge in [0.2, 0.25) is 0 Å². The Morgan fingerprint density at radius 1 is 1.22 bits per heavy atom. The minimum atomic E-state index is -0.403. The average Bonchev–Trinajstić information content (AvgIpc) is 3.23. The second-order valence-corrected chi connectivity index (χ2v) is 6.35. The number of ether oxygens (including phenoxy) is 2. The van der Waals surface area contributed by atoms with Crippen LogP contribution in [0.25, 0.3) is 10.9 Å². The summed E-state index contributed by atoms with van der Waals surface area (Å²) in [5.74, 6) is 0.270. The fourth-order valence-corrected chi connectivity index (χ4v) is 2.99. The van der Waals surface area contributed by atoms with Gasteiger partial charge in [-0.05, 0) is 49.2 Å². The highest BCUT2D eigenvalue weighted by atomic mass is 16.5. The Hall–Kier alpha value is -3.19. The Bertz CT molecular complexity index is 1010. The number of fused-ring (bicyclic) bond motifs is 1. The van der Waals surface area contributed by atoms with E-state index in [1.165, 1.54) is 6.33 Å². The van der Waals surface area contributed by atoms with E-state index in [4.69, 9.17) is 9.47 Å². The maximum atomic E-state index is 12.4. The number of hydrogen-bond donors (Lipinski definition) is 1. The molecular formula is C20H19N3O4. The van der Waals surface area contributed by atoms with Gasteiger partial charge in [-0.3, -0.25) is 15.0 Å². The van der Waals surface area contributed by atoms with Crippen molar-refractivity contribution in [1.82, 2.24) is 9.66 Å². The second-order valence-electron chi connectivity index (χ2n) is 6.35. The van der Waals surface area contributed by atoms with Crippen LogP contribution < -0.4 is 15.7 Å². The van der Waals surface area contributed by atoms with Gasteiger partial charge < -0.3 is 9.47 Å². The van der Waals surface area contributed by atoms with Crippen LogP contribution >= 0.6 is 0 Å². The van der Waals surface area contributed by atoms with E-state index >= 15 is 0 Å². The lowest BCUT2D eigenvalue weighted by molar-refractivity contribution is 0.0679. The van der Waals surface area contributed by atoms with Gasteiger partial charge in [0.05, 0.1) is 17.0 Å². The molecule has 7 nitrogen and oxygen atoms in total. The zero-order valence-electron chi connectivity index (χ0n) is 14.6. The van der Waals surface area contributed by atoms with E-state index in [9.17, 15) is 9.59 Å². The molecule has 27 heavy (non-hydrogen) atoms. The van der Waals surface area contributed by atoms with Gasteiger partial charge in [-0.15, -0.1) is 0 Å². The second kappa shape index (κ2) is 7.59. The van der Waals surface area contributed by atoms with Crippen molar-refractivity contribution in [3.8, 4) is 5.75 Å². The van der Waals surface area contributed by atoms with E-state index in [0.29, 0.717) is 28.8 Å². The molecule has 4 rings (SSSR count). The summed E-state index contributed by atoms with van der Waals surface area (Å²) >= 11 is 0. The molecule has 0 aliphatic carbocycles. The first-order valence-corrected chi connectivity index (χ1v) is 8.83. The van der Waals surface area contributed by atoms with E-state index in [0.717, 1.165) is 24.1 Å². The monoisotopic (exact) mass is 365 g/mol. The first-order chi connectivity index (χ1) is 13.2. The third kappa shape index (κ3) is 3.83. The SMILES string of the molecule is O=C(Nn1cnc2ccccc2c1=O)c1ccc(OCC2CCCO2)cc1. The summed E-state index contributed by atoms with van der Waals surface area (Å²) in [7, 11) is 0. The smallest absolute Gasteiger partial charge is 0.280 e. The highest BCUT2D eigenvalue weighted by molar-refractivity contribution is 6.00. The largest absolute Gasteiger partial charge is 0.491 e. The van der Waals surface area contributed by atoms with Crippen molar-refractivity contribution in [1.29, 1.82) is 0 Å². The maximum Gasteiger partial charge on any atom is 0.280 e. The molecule has 0 saturated carbocycles. The lowest BCUT2D eigenvalue weighted by atomic mass is 10.2. The molecule has 1 aliphatic heterocycles. The van der Waals surface area contributed by atoms with Crippen LogP contribution in [0.5, 0.6) is 5.75 Å². The van der Waals surface area contributed by atoms with Crippen LogP contribution in [-0.4, -0.2) is 34.9 Å². The number of carbonyl (C=O) groups is 1. The zero-order valence-corrected chi connectivity index (χ0v) is 14.6. The molecule has 0 spiro atoms. The molecule has 1 fully saturated rings. The van der Waals surface area contributed by atoms with Crippen LogP contribution in [0.15, 0.2) is 59.7 Å². The number of amides is 1. The van der Waals surface area contributed by atoms with Gasteiger partial charge in [-0.1, -0.05) is 12.1 Å². The lowest BCUT2D eigenvalue weighted by Crippen LogP contribution is -2.33. The van der Waals surface area contributed by atoms with Crippen molar-refractivity contribution >= 4 is 16.8 Å². The van der Waals surface area contributed by atoms with E-state index in [1.807, 2.05) is 0 Å². The number of hydrogen-bond acceptors (Lipinski definition) is 5. The molecule has 3 aromatic rings. The summed E-state index contributed by atoms with van der Waals surface area (Å²) in [6.45, 7) is 1.29. The van der Waals surface area contributed by atoms with Gasteiger partial charge in [0.1, 0.15) is 18.7 Å².